The van der Waals surface area contributed by atoms with E-state index in [0.29, 0.717) is 0 Å². The number of hydrogen-bond acceptors (Lipinski definition) is 2. The fourth-order valence-corrected chi connectivity index (χ4v) is 3.49. The van der Waals surface area contributed by atoms with Gasteiger partial charge in [-0.05, 0) is 37.9 Å². The third kappa shape index (κ3) is 1.79. The minimum Gasteiger partial charge on any atom is -0.341 e. The number of imidazole rings is 1. The number of H-pyrrole nitrogens is 1. The van der Waals surface area contributed by atoms with Crippen LogP contribution < -0.4 is 0 Å². The van der Waals surface area contributed by atoms with E-state index in [1.54, 1.807) is 0 Å². The molecule has 1 aromatic carbocycles. The molecule has 4 rings (SSSR count). The van der Waals surface area contributed by atoms with Crippen LogP contribution in [-0.2, 0) is 5.41 Å². The van der Waals surface area contributed by atoms with Gasteiger partial charge in [0.15, 0.2) is 0 Å². The summed E-state index contributed by atoms with van der Waals surface area (Å²) < 4.78 is 0. The van der Waals surface area contributed by atoms with E-state index in [-0.39, 0.29) is 5.41 Å². The van der Waals surface area contributed by atoms with E-state index in [0.717, 1.165) is 18.1 Å². The minimum atomic E-state index is 0.203. The number of aromatic amines is 1. The molecule has 3 heteroatoms. The van der Waals surface area contributed by atoms with Crippen molar-refractivity contribution in [1.82, 2.24) is 14.9 Å². The molecule has 1 aliphatic carbocycles. The number of para-hydroxylation sites is 2. The zero-order valence-corrected chi connectivity index (χ0v) is 11.5. The number of rotatable bonds is 2. The molecule has 1 atom stereocenters. The lowest BCUT2D eigenvalue weighted by Crippen LogP contribution is -2.40. The van der Waals surface area contributed by atoms with Gasteiger partial charge in [0.1, 0.15) is 5.82 Å². The van der Waals surface area contributed by atoms with Crippen LogP contribution in [0, 0.1) is 0 Å². The molecule has 2 heterocycles. The largest absolute Gasteiger partial charge is 0.341 e. The lowest BCUT2D eigenvalue weighted by Gasteiger charge is -2.35. The molecule has 1 N–H and O–H groups in total. The Kier molecular flexibility index (Phi) is 2.46. The summed E-state index contributed by atoms with van der Waals surface area (Å²) in [5, 5.41) is 0. The Balaban J connectivity index is 1.63. The summed E-state index contributed by atoms with van der Waals surface area (Å²) in [4.78, 5) is 11.0. The summed E-state index contributed by atoms with van der Waals surface area (Å²) in [5.74, 6) is 1.18. The molecule has 19 heavy (non-hydrogen) atoms. The van der Waals surface area contributed by atoms with E-state index in [4.69, 9.17) is 4.98 Å². The van der Waals surface area contributed by atoms with Crippen molar-refractivity contribution in [2.24, 2.45) is 0 Å². The first-order chi connectivity index (χ1) is 9.24. The molecule has 1 aromatic heterocycles. The van der Waals surface area contributed by atoms with E-state index in [1.165, 1.54) is 43.6 Å². The third-order valence-corrected chi connectivity index (χ3v) is 5.06. The molecule has 2 aromatic rings. The highest BCUT2D eigenvalue weighted by molar-refractivity contribution is 5.75. The second kappa shape index (κ2) is 4.07. The molecule has 0 amide bonds. The zero-order chi connectivity index (χ0) is 12.9. The van der Waals surface area contributed by atoms with Gasteiger partial charge in [-0.15, -0.1) is 0 Å². The van der Waals surface area contributed by atoms with Crippen molar-refractivity contribution in [3.05, 3.63) is 30.1 Å². The van der Waals surface area contributed by atoms with Crippen molar-refractivity contribution in [3.8, 4) is 0 Å². The molecule has 1 saturated heterocycles. The van der Waals surface area contributed by atoms with Crippen molar-refractivity contribution in [3.63, 3.8) is 0 Å². The number of aromatic nitrogens is 2. The summed E-state index contributed by atoms with van der Waals surface area (Å²) in [6.07, 6.45) is 5.44. The summed E-state index contributed by atoms with van der Waals surface area (Å²) in [5.41, 5.74) is 2.47. The first-order valence-electron chi connectivity index (χ1n) is 7.44. The zero-order valence-electron chi connectivity index (χ0n) is 11.5. The lowest BCUT2D eigenvalue weighted by molar-refractivity contribution is 0.150. The maximum atomic E-state index is 4.82. The maximum Gasteiger partial charge on any atom is 0.114 e. The molecule has 1 aliphatic heterocycles. The third-order valence-electron chi connectivity index (χ3n) is 5.06. The van der Waals surface area contributed by atoms with Crippen LogP contribution >= 0.6 is 0 Å². The second-order valence-corrected chi connectivity index (χ2v) is 6.47. The monoisotopic (exact) mass is 255 g/mol. The van der Waals surface area contributed by atoms with Gasteiger partial charge in [-0.25, -0.2) is 4.98 Å². The van der Waals surface area contributed by atoms with Crippen LogP contribution in [0.2, 0.25) is 0 Å². The van der Waals surface area contributed by atoms with E-state index in [2.05, 4.69) is 41.1 Å². The second-order valence-electron chi connectivity index (χ2n) is 6.47. The van der Waals surface area contributed by atoms with Gasteiger partial charge in [-0.1, -0.05) is 25.5 Å². The van der Waals surface area contributed by atoms with Gasteiger partial charge in [0.25, 0.3) is 0 Å². The quantitative estimate of drug-likeness (QED) is 0.894. The van der Waals surface area contributed by atoms with E-state index in [9.17, 15) is 0 Å². The Bertz CT molecular complexity index is 566. The van der Waals surface area contributed by atoms with Crippen molar-refractivity contribution < 1.29 is 0 Å². The number of nitrogens with zero attached hydrogens (tertiary/aromatic N) is 2. The standard InChI is InChI=1S/C16H21N3/c1-16(9-10-19(11-16)12-5-4-6-12)15-17-13-7-2-3-8-14(13)18-15/h2-3,7-8,12H,4-6,9-11H2,1H3,(H,17,18). The number of fused-ring (bicyclic) bond motifs is 1. The molecule has 2 fully saturated rings. The van der Waals surface area contributed by atoms with Crippen molar-refractivity contribution in [2.45, 2.75) is 44.1 Å². The predicted molar refractivity (Wildman–Crippen MR) is 77.3 cm³/mol. The highest BCUT2D eigenvalue weighted by atomic mass is 15.2. The van der Waals surface area contributed by atoms with Crippen LogP contribution in [0.1, 0.15) is 38.4 Å². The van der Waals surface area contributed by atoms with Crippen molar-refractivity contribution in [1.29, 1.82) is 0 Å². The Morgan fingerprint density at radius 2 is 2.16 bits per heavy atom. The Labute approximate surface area is 114 Å². The fourth-order valence-electron chi connectivity index (χ4n) is 3.49. The normalized spacial score (nSPS) is 28.9. The molecule has 100 valence electrons. The average molecular weight is 255 g/mol. The molecule has 1 unspecified atom stereocenters. The Hall–Kier alpha value is -1.35. The average Bonchev–Trinajstić information content (AvgIpc) is 2.92. The van der Waals surface area contributed by atoms with Gasteiger partial charge in [0, 0.05) is 18.0 Å². The summed E-state index contributed by atoms with van der Waals surface area (Å²) in [6.45, 7) is 4.76. The van der Waals surface area contributed by atoms with Gasteiger partial charge in [-0.3, -0.25) is 4.90 Å². The van der Waals surface area contributed by atoms with Gasteiger partial charge >= 0.3 is 0 Å². The molecule has 0 spiro atoms. The van der Waals surface area contributed by atoms with E-state index >= 15 is 0 Å². The number of hydrogen-bond donors (Lipinski definition) is 1. The van der Waals surface area contributed by atoms with Gasteiger partial charge in [0.2, 0.25) is 0 Å². The van der Waals surface area contributed by atoms with Crippen LogP contribution in [0.3, 0.4) is 0 Å². The number of nitrogens with one attached hydrogen (secondary N) is 1. The first-order valence-corrected chi connectivity index (χ1v) is 7.44. The van der Waals surface area contributed by atoms with Crippen LogP contribution in [0.25, 0.3) is 11.0 Å². The van der Waals surface area contributed by atoms with Crippen LogP contribution in [0.15, 0.2) is 24.3 Å². The summed E-state index contributed by atoms with van der Waals surface area (Å²) in [7, 11) is 0. The number of likely N-dealkylation sites (tertiary alicyclic amines) is 1. The molecular weight excluding hydrogens is 234 g/mol. The summed E-state index contributed by atoms with van der Waals surface area (Å²) in [6, 6.07) is 9.20. The SMILES string of the molecule is CC1(c2nc3ccccc3[nH]2)CCN(C2CCC2)C1. The molecule has 0 bridgehead atoms. The summed E-state index contributed by atoms with van der Waals surface area (Å²) >= 11 is 0. The highest BCUT2D eigenvalue weighted by Gasteiger charge is 2.41. The Morgan fingerprint density at radius 3 is 2.89 bits per heavy atom. The molecule has 3 nitrogen and oxygen atoms in total. The van der Waals surface area contributed by atoms with Crippen molar-refractivity contribution >= 4 is 11.0 Å². The number of benzene rings is 1. The van der Waals surface area contributed by atoms with E-state index < -0.39 is 0 Å². The Morgan fingerprint density at radius 1 is 1.32 bits per heavy atom. The first kappa shape index (κ1) is 11.5. The highest BCUT2D eigenvalue weighted by Crippen LogP contribution is 2.37. The van der Waals surface area contributed by atoms with Gasteiger partial charge in [-0.2, -0.15) is 0 Å². The maximum absolute atomic E-state index is 4.82. The smallest absolute Gasteiger partial charge is 0.114 e. The van der Waals surface area contributed by atoms with Crippen LogP contribution in [0.5, 0.6) is 0 Å². The van der Waals surface area contributed by atoms with Crippen LogP contribution in [-0.4, -0.2) is 34.0 Å². The molecule has 0 radical (unpaired) electrons. The van der Waals surface area contributed by atoms with E-state index in [1.807, 2.05) is 0 Å². The predicted octanol–water partition coefficient (Wildman–Crippen LogP) is 3.08. The minimum absolute atomic E-state index is 0.203. The molecule has 2 aliphatic rings. The van der Waals surface area contributed by atoms with Gasteiger partial charge < -0.3 is 4.98 Å². The lowest BCUT2D eigenvalue weighted by atomic mass is 9.88. The molecular formula is C16H21N3. The molecule has 1 saturated carbocycles. The fraction of sp³-hybridized carbons (Fsp3) is 0.562. The van der Waals surface area contributed by atoms with Crippen LogP contribution in [0.4, 0.5) is 0 Å². The topological polar surface area (TPSA) is 31.9 Å². The van der Waals surface area contributed by atoms with Gasteiger partial charge in [0.05, 0.1) is 11.0 Å². The van der Waals surface area contributed by atoms with Crippen molar-refractivity contribution in [2.75, 3.05) is 13.1 Å².